The van der Waals surface area contributed by atoms with E-state index in [9.17, 15) is 9.59 Å². The lowest BCUT2D eigenvalue weighted by atomic mass is 10.1. The van der Waals surface area contributed by atoms with E-state index in [2.05, 4.69) is 5.32 Å². The van der Waals surface area contributed by atoms with Crippen LogP contribution in [0.5, 0.6) is 0 Å². The normalized spacial score (nSPS) is 10.2. The molecule has 1 aromatic carbocycles. The molecular formula is C14H13NO3S. The maximum atomic E-state index is 11.8. The van der Waals surface area contributed by atoms with E-state index in [1.165, 1.54) is 23.5 Å². The Labute approximate surface area is 114 Å². The average molecular weight is 275 g/mol. The number of aromatic carboxylic acids is 1. The van der Waals surface area contributed by atoms with E-state index in [4.69, 9.17) is 5.11 Å². The molecule has 0 saturated heterocycles. The highest BCUT2D eigenvalue weighted by Gasteiger charge is 2.07. The predicted octanol–water partition coefficient (Wildman–Crippen LogP) is 2.68. The summed E-state index contributed by atoms with van der Waals surface area (Å²) < 4.78 is 0. The number of thiophene rings is 1. The van der Waals surface area contributed by atoms with Gasteiger partial charge in [-0.3, -0.25) is 4.79 Å². The Hall–Kier alpha value is -2.14. The number of carboxylic acid groups (broad SMARTS) is 1. The number of hydrogen-bond acceptors (Lipinski definition) is 3. The van der Waals surface area contributed by atoms with E-state index >= 15 is 0 Å². The van der Waals surface area contributed by atoms with Crippen molar-refractivity contribution in [2.45, 2.75) is 13.5 Å². The van der Waals surface area contributed by atoms with Crippen molar-refractivity contribution < 1.29 is 14.7 Å². The van der Waals surface area contributed by atoms with Gasteiger partial charge in [0.1, 0.15) is 0 Å². The number of rotatable bonds is 4. The fraction of sp³-hybridized carbons (Fsp3) is 0.143. The standard InChI is InChI=1S/C14H13NO3S/c1-9-6-12(8-19-9)13(16)15-7-10-2-4-11(5-3-10)14(17)18/h2-6,8H,7H2,1H3,(H,15,16)(H,17,18). The number of aryl methyl sites for hydroxylation is 1. The largest absolute Gasteiger partial charge is 0.478 e. The van der Waals surface area contributed by atoms with Gasteiger partial charge in [-0.15, -0.1) is 11.3 Å². The average Bonchev–Trinajstić information content (AvgIpc) is 2.83. The fourth-order valence-electron chi connectivity index (χ4n) is 1.61. The van der Waals surface area contributed by atoms with E-state index in [0.717, 1.165) is 10.4 Å². The summed E-state index contributed by atoms with van der Waals surface area (Å²) in [6, 6.07) is 8.29. The Bertz CT molecular complexity index is 601. The second kappa shape index (κ2) is 5.67. The molecule has 0 radical (unpaired) electrons. The minimum absolute atomic E-state index is 0.119. The number of carbonyl (C=O) groups is 2. The zero-order valence-corrected chi connectivity index (χ0v) is 11.2. The molecule has 0 fully saturated rings. The lowest BCUT2D eigenvalue weighted by molar-refractivity contribution is 0.0696. The van der Waals surface area contributed by atoms with Crippen molar-refractivity contribution in [1.29, 1.82) is 0 Å². The summed E-state index contributed by atoms with van der Waals surface area (Å²) in [6.07, 6.45) is 0. The van der Waals surface area contributed by atoms with Gasteiger partial charge in [0, 0.05) is 16.8 Å². The van der Waals surface area contributed by atoms with Crippen molar-refractivity contribution in [2.75, 3.05) is 0 Å². The molecule has 1 aromatic heterocycles. The van der Waals surface area contributed by atoms with Gasteiger partial charge in [-0.2, -0.15) is 0 Å². The number of carbonyl (C=O) groups excluding carboxylic acids is 1. The topological polar surface area (TPSA) is 66.4 Å². The Kier molecular flexibility index (Phi) is 3.97. The van der Waals surface area contributed by atoms with Crippen LogP contribution in [0.4, 0.5) is 0 Å². The van der Waals surface area contributed by atoms with Gasteiger partial charge in [-0.25, -0.2) is 4.79 Å². The van der Waals surface area contributed by atoms with E-state index < -0.39 is 5.97 Å². The number of amides is 1. The summed E-state index contributed by atoms with van der Waals surface area (Å²) in [5.41, 5.74) is 1.76. The second-order valence-electron chi connectivity index (χ2n) is 4.13. The summed E-state index contributed by atoms with van der Waals surface area (Å²) in [7, 11) is 0. The Morgan fingerprint density at radius 2 is 1.89 bits per heavy atom. The molecule has 1 heterocycles. The van der Waals surface area contributed by atoms with Gasteiger partial charge in [-0.1, -0.05) is 12.1 Å². The molecule has 19 heavy (non-hydrogen) atoms. The van der Waals surface area contributed by atoms with Gasteiger partial charge in [0.2, 0.25) is 0 Å². The maximum absolute atomic E-state index is 11.8. The highest BCUT2D eigenvalue weighted by Crippen LogP contribution is 2.13. The highest BCUT2D eigenvalue weighted by molar-refractivity contribution is 7.10. The Balaban J connectivity index is 1.95. The molecule has 2 rings (SSSR count). The van der Waals surface area contributed by atoms with Crippen LogP contribution >= 0.6 is 11.3 Å². The van der Waals surface area contributed by atoms with E-state index in [1.807, 2.05) is 18.4 Å². The van der Waals surface area contributed by atoms with Crippen LogP contribution in [0.3, 0.4) is 0 Å². The van der Waals surface area contributed by atoms with Crippen molar-refractivity contribution in [1.82, 2.24) is 5.32 Å². The molecule has 2 N–H and O–H groups in total. The number of hydrogen-bond donors (Lipinski definition) is 2. The lowest BCUT2D eigenvalue weighted by Gasteiger charge is -2.04. The highest BCUT2D eigenvalue weighted by atomic mass is 32.1. The SMILES string of the molecule is Cc1cc(C(=O)NCc2ccc(C(=O)O)cc2)cs1. The van der Waals surface area contributed by atoms with Crippen LogP contribution in [0.25, 0.3) is 0 Å². The third kappa shape index (κ3) is 3.42. The molecule has 0 atom stereocenters. The van der Waals surface area contributed by atoms with Gasteiger partial charge in [0.05, 0.1) is 11.1 Å². The van der Waals surface area contributed by atoms with Gasteiger partial charge < -0.3 is 10.4 Å². The van der Waals surface area contributed by atoms with Crippen molar-refractivity contribution in [3.8, 4) is 0 Å². The first kappa shape index (κ1) is 13.3. The van der Waals surface area contributed by atoms with Crippen LogP contribution in [0.1, 0.15) is 31.2 Å². The van der Waals surface area contributed by atoms with Crippen molar-refractivity contribution in [3.63, 3.8) is 0 Å². The summed E-state index contributed by atoms with van der Waals surface area (Å²) in [4.78, 5) is 23.6. The third-order valence-corrected chi connectivity index (χ3v) is 3.51. The zero-order chi connectivity index (χ0) is 13.8. The summed E-state index contributed by atoms with van der Waals surface area (Å²) in [5, 5.41) is 13.4. The molecule has 0 unspecified atom stereocenters. The maximum Gasteiger partial charge on any atom is 0.335 e. The van der Waals surface area contributed by atoms with E-state index in [-0.39, 0.29) is 11.5 Å². The molecule has 0 spiro atoms. The van der Waals surface area contributed by atoms with Gasteiger partial charge in [0.15, 0.2) is 0 Å². The van der Waals surface area contributed by atoms with E-state index in [1.54, 1.807) is 12.1 Å². The molecule has 5 heteroatoms. The molecular weight excluding hydrogens is 262 g/mol. The van der Waals surface area contributed by atoms with Crippen molar-refractivity contribution >= 4 is 23.2 Å². The minimum Gasteiger partial charge on any atom is -0.478 e. The van der Waals surface area contributed by atoms with Gasteiger partial charge in [-0.05, 0) is 30.7 Å². The van der Waals surface area contributed by atoms with Crippen molar-refractivity contribution in [2.24, 2.45) is 0 Å². The number of carboxylic acids is 1. The monoisotopic (exact) mass is 275 g/mol. The second-order valence-corrected chi connectivity index (χ2v) is 5.25. The summed E-state index contributed by atoms with van der Waals surface area (Å²) in [6.45, 7) is 2.33. The van der Waals surface area contributed by atoms with Gasteiger partial charge in [0.25, 0.3) is 5.91 Å². The molecule has 0 saturated carbocycles. The Morgan fingerprint density at radius 3 is 2.42 bits per heavy atom. The minimum atomic E-state index is -0.954. The molecule has 4 nitrogen and oxygen atoms in total. The number of benzene rings is 1. The van der Waals surface area contributed by atoms with Crippen LogP contribution in [0.15, 0.2) is 35.7 Å². The van der Waals surface area contributed by atoms with Crippen LogP contribution in [-0.4, -0.2) is 17.0 Å². The third-order valence-electron chi connectivity index (χ3n) is 2.65. The summed E-state index contributed by atoms with van der Waals surface area (Å²) >= 11 is 1.53. The van der Waals surface area contributed by atoms with Gasteiger partial charge >= 0.3 is 5.97 Å². The number of nitrogens with one attached hydrogen (secondary N) is 1. The molecule has 0 bridgehead atoms. The van der Waals surface area contributed by atoms with Crippen LogP contribution in [-0.2, 0) is 6.54 Å². The first-order valence-corrected chi connectivity index (χ1v) is 6.60. The lowest BCUT2D eigenvalue weighted by Crippen LogP contribution is -2.22. The van der Waals surface area contributed by atoms with Crippen LogP contribution in [0.2, 0.25) is 0 Å². The Morgan fingerprint density at radius 1 is 1.21 bits per heavy atom. The molecule has 2 aromatic rings. The first-order valence-electron chi connectivity index (χ1n) is 5.72. The molecule has 1 amide bonds. The zero-order valence-electron chi connectivity index (χ0n) is 10.3. The van der Waals surface area contributed by atoms with Crippen LogP contribution < -0.4 is 5.32 Å². The first-order chi connectivity index (χ1) is 9.06. The molecule has 0 aliphatic rings. The van der Waals surface area contributed by atoms with Crippen molar-refractivity contribution in [3.05, 3.63) is 57.3 Å². The molecule has 0 aliphatic carbocycles. The van der Waals surface area contributed by atoms with E-state index in [0.29, 0.717) is 12.1 Å². The molecule has 98 valence electrons. The smallest absolute Gasteiger partial charge is 0.335 e. The summed E-state index contributed by atoms with van der Waals surface area (Å²) in [5.74, 6) is -1.07. The molecule has 0 aliphatic heterocycles. The predicted molar refractivity (Wildman–Crippen MR) is 73.6 cm³/mol. The quantitative estimate of drug-likeness (QED) is 0.901. The fourth-order valence-corrected chi connectivity index (χ4v) is 2.30. The van der Waals surface area contributed by atoms with Crippen LogP contribution in [0, 0.1) is 6.92 Å².